The van der Waals surface area contributed by atoms with E-state index in [0.717, 1.165) is 5.56 Å². The third kappa shape index (κ3) is 4.61. The summed E-state index contributed by atoms with van der Waals surface area (Å²) in [6, 6.07) is 9.24. The molecule has 7 nitrogen and oxygen atoms in total. The van der Waals surface area contributed by atoms with Crippen LogP contribution in [0.5, 0.6) is 5.75 Å². The molecule has 0 spiro atoms. The Balaban J connectivity index is 1.72. The smallest absolute Gasteiger partial charge is 0.258 e. The zero-order valence-corrected chi connectivity index (χ0v) is 16.6. The highest BCUT2D eigenvalue weighted by Crippen LogP contribution is 2.29. The fraction of sp³-hybridized carbons (Fsp3) is 0.250. The van der Waals surface area contributed by atoms with Crippen molar-refractivity contribution in [3.63, 3.8) is 0 Å². The summed E-state index contributed by atoms with van der Waals surface area (Å²) in [5.41, 5.74) is 7.87. The Bertz CT molecular complexity index is 986. The number of ether oxygens (including phenoxy) is 1. The van der Waals surface area contributed by atoms with Crippen LogP contribution >= 0.6 is 11.6 Å². The monoisotopic (exact) mass is 399 g/mol. The first-order valence-electron chi connectivity index (χ1n) is 8.86. The minimum absolute atomic E-state index is 0.191. The third-order valence-corrected chi connectivity index (χ3v) is 4.37. The lowest BCUT2D eigenvalue weighted by Gasteiger charge is -2.17. The third-order valence-electron chi connectivity index (χ3n) is 4.16. The molecule has 0 bridgehead atoms. The first-order valence-corrected chi connectivity index (χ1v) is 9.24. The van der Waals surface area contributed by atoms with Gasteiger partial charge in [-0.15, -0.1) is 0 Å². The van der Waals surface area contributed by atoms with E-state index in [9.17, 15) is 4.79 Å². The summed E-state index contributed by atoms with van der Waals surface area (Å²) in [5, 5.41) is 7.52. The predicted octanol–water partition coefficient (Wildman–Crippen LogP) is 4.49. The maximum absolute atomic E-state index is 12.5. The molecule has 0 aliphatic rings. The number of aromatic nitrogens is 3. The van der Waals surface area contributed by atoms with Gasteiger partial charge in [0.25, 0.3) is 5.91 Å². The van der Waals surface area contributed by atoms with E-state index in [1.165, 1.54) is 6.20 Å². The number of nitrogens with one attached hydrogen (secondary N) is 1. The Kier molecular flexibility index (Phi) is 5.84. The summed E-state index contributed by atoms with van der Waals surface area (Å²) < 4.78 is 7.63. The number of pyridine rings is 1. The van der Waals surface area contributed by atoms with E-state index in [4.69, 9.17) is 22.1 Å². The molecule has 3 N–H and O–H groups in total. The number of carbonyl (C=O) groups excluding carboxylic acids is 1. The molecule has 3 rings (SSSR count). The molecule has 3 aromatic rings. The van der Waals surface area contributed by atoms with Gasteiger partial charge in [-0.3, -0.25) is 9.48 Å². The number of nitrogens with zero attached hydrogens (tertiary/aromatic N) is 3. The van der Waals surface area contributed by atoms with E-state index in [-0.39, 0.29) is 23.9 Å². The van der Waals surface area contributed by atoms with Crippen LogP contribution in [-0.2, 0) is 0 Å². The average molecular weight is 400 g/mol. The van der Waals surface area contributed by atoms with Gasteiger partial charge in [0.2, 0.25) is 0 Å². The maximum atomic E-state index is 12.5. The van der Waals surface area contributed by atoms with Gasteiger partial charge in [-0.25, -0.2) is 4.98 Å². The second-order valence-electron chi connectivity index (χ2n) is 6.68. The molecule has 8 heteroatoms. The second-order valence-corrected chi connectivity index (χ2v) is 7.12. The van der Waals surface area contributed by atoms with Gasteiger partial charge in [0.1, 0.15) is 6.10 Å². The molecule has 0 saturated heterocycles. The zero-order valence-electron chi connectivity index (χ0n) is 15.9. The van der Waals surface area contributed by atoms with Gasteiger partial charge in [-0.1, -0.05) is 23.7 Å². The van der Waals surface area contributed by atoms with Crippen LogP contribution in [0, 0.1) is 0 Å². The van der Waals surface area contributed by atoms with Gasteiger partial charge in [-0.2, -0.15) is 5.10 Å². The first kappa shape index (κ1) is 19.7. The Morgan fingerprint density at radius 3 is 2.75 bits per heavy atom. The number of rotatable bonds is 6. The van der Waals surface area contributed by atoms with E-state index in [1.807, 2.05) is 45.0 Å². The lowest BCUT2D eigenvalue weighted by atomic mass is 10.1. The summed E-state index contributed by atoms with van der Waals surface area (Å²) in [6.07, 6.45) is 4.43. The van der Waals surface area contributed by atoms with Crippen molar-refractivity contribution in [2.75, 3.05) is 11.1 Å². The van der Waals surface area contributed by atoms with Crippen molar-refractivity contribution in [2.24, 2.45) is 0 Å². The summed E-state index contributed by atoms with van der Waals surface area (Å²) in [4.78, 5) is 16.5. The highest BCUT2D eigenvalue weighted by molar-refractivity contribution is 6.30. The van der Waals surface area contributed by atoms with Gasteiger partial charge in [-0.05, 0) is 38.5 Å². The Morgan fingerprint density at radius 2 is 2.04 bits per heavy atom. The quantitative estimate of drug-likeness (QED) is 0.636. The Hall–Kier alpha value is -3.06. The number of nitrogens with two attached hydrogens (primary N) is 1. The minimum atomic E-state index is -0.317. The van der Waals surface area contributed by atoms with Gasteiger partial charge < -0.3 is 15.8 Å². The van der Waals surface area contributed by atoms with Gasteiger partial charge in [0, 0.05) is 30.2 Å². The molecule has 0 aliphatic heterocycles. The van der Waals surface area contributed by atoms with E-state index < -0.39 is 0 Å². The first-order chi connectivity index (χ1) is 13.3. The van der Waals surface area contributed by atoms with Gasteiger partial charge in [0.15, 0.2) is 11.6 Å². The lowest BCUT2D eigenvalue weighted by Crippen LogP contribution is -2.12. The number of anilines is 2. The topological polar surface area (TPSA) is 95.1 Å². The van der Waals surface area contributed by atoms with Crippen LogP contribution in [0.4, 0.5) is 11.5 Å². The number of benzene rings is 1. The van der Waals surface area contributed by atoms with Crippen molar-refractivity contribution >= 4 is 29.0 Å². The number of hydrogen-bond donors (Lipinski definition) is 2. The maximum Gasteiger partial charge on any atom is 0.258 e. The van der Waals surface area contributed by atoms with Crippen molar-refractivity contribution in [1.29, 1.82) is 0 Å². The average Bonchev–Trinajstić information content (AvgIpc) is 3.15. The molecule has 0 fully saturated rings. The normalized spacial score (nSPS) is 12.0. The molecule has 1 unspecified atom stereocenters. The van der Waals surface area contributed by atoms with Crippen LogP contribution in [0.3, 0.4) is 0 Å². The van der Waals surface area contributed by atoms with Crippen LogP contribution in [0.15, 0.2) is 48.9 Å². The highest BCUT2D eigenvalue weighted by Gasteiger charge is 2.14. The molecule has 146 valence electrons. The summed E-state index contributed by atoms with van der Waals surface area (Å²) in [7, 11) is 0. The molecule has 0 saturated carbocycles. The molecule has 1 atom stereocenters. The van der Waals surface area contributed by atoms with Crippen molar-refractivity contribution in [3.8, 4) is 5.75 Å². The van der Waals surface area contributed by atoms with Crippen LogP contribution in [0.25, 0.3) is 0 Å². The van der Waals surface area contributed by atoms with Crippen molar-refractivity contribution in [2.45, 2.75) is 32.9 Å². The van der Waals surface area contributed by atoms with E-state index in [2.05, 4.69) is 15.4 Å². The van der Waals surface area contributed by atoms with Crippen molar-refractivity contribution in [1.82, 2.24) is 14.8 Å². The number of nitrogen functional groups attached to an aromatic ring is 1. The Morgan fingerprint density at radius 1 is 1.25 bits per heavy atom. The number of halogens is 1. The highest BCUT2D eigenvalue weighted by atomic mass is 35.5. The lowest BCUT2D eigenvalue weighted by molar-refractivity contribution is 0.102. The van der Waals surface area contributed by atoms with Crippen molar-refractivity contribution in [3.05, 3.63) is 65.1 Å². The molecule has 0 radical (unpaired) electrons. The minimum Gasteiger partial charge on any atom is -0.482 e. The van der Waals surface area contributed by atoms with Gasteiger partial charge >= 0.3 is 0 Å². The predicted molar refractivity (Wildman–Crippen MR) is 110 cm³/mol. The molecule has 2 aromatic heterocycles. The molecule has 1 aromatic carbocycles. The molecule has 2 heterocycles. The zero-order chi connectivity index (χ0) is 20.3. The molecular weight excluding hydrogens is 378 g/mol. The fourth-order valence-electron chi connectivity index (χ4n) is 2.59. The molecule has 1 amide bonds. The SMILES string of the molecule is CC(Oc1cc(Cl)cnc1N)c1cccc(NC(=O)c2cnn(C(C)C)c2)c1. The number of carbonyl (C=O) groups is 1. The summed E-state index contributed by atoms with van der Waals surface area (Å²) >= 11 is 5.96. The standard InChI is InChI=1S/C20H22ClN5O2/c1-12(2)26-11-15(9-24-26)20(27)25-17-6-4-5-14(7-17)13(3)28-18-8-16(21)10-23-19(18)22/h4-13H,1-3H3,(H2,22,23)(H,25,27). The van der Waals surface area contributed by atoms with E-state index in [0.29, 0.717) is 22.0 Å². The van der Waals surface area contributed by atoms with E-state index in [1.54, 1.807) is 23.1 Å². The summed E-state index contributed by atoms with van der Waals surface area (Å²) in [6.45, 7) is 5.89. The van der Waals surface area contributed by atoms with Crippen LogP contribution in [0.2, 0.25) is 5.02 Å². The van der Waals surface area contributed by atoms with Gasteiger partial charge in [0.05, 0.1) is 16.8 Å². The largest absolute Gasteiger partial charge is 0.482 e. The molecule has 28 heavy (non-hydrogen) atoms. The number of hydrogen-bond acceptors (Lipinski definition) is 5. The van der Waals surface area contributed by atoms with Crippen LogP contribution in [0.1, 0.15) is 48.8 Å². The van der Waals surface area contributed by atoms with Crippen LogP contribution < -0.4 is 15.8 Å². The van der Waals surface area contributed by atoms with E-state index >= 15 is 0 Å². The van der Waals surface area contributed by atoms with Crippen LogP contribution in [-0.4, -0.2) is 20.7 Å². The number of amides is 1. The molecular formula is C20H22ClN5O2. The Labute approximate surface area is 168 Å². The molecule has 0 aliphatic carbocycles. The van der Waals surface area contributed by atoms with Crippen molar-refractivity contribution < 1.29 is 9.53 Å². The second kappa shape index (κ2) is 8.31. The summed E-state index contributed by atoms with van der Waals surface area (Å²) in [5.74, 6) is 0.458. The fourth-order valence-corrected chi connectivity index (χ4v) is 2.74.